The fourth-order valence-corrected chi connectivity index (χ4v) is 2.47. The zero-order valence-corrected chi connectivity index (χ0v) is 13.2. The minimum atomic E-state index is -0.583. The Morgan fingerprint density at radius 2 is 2.16 bits per heavy atom. The number of aromatic amines is 2. The van der Waals surface area contributed by atoms with Crippen molar-refractivity contribution in [2.45, 2.75) is 13.0 Å². The first-order valence-electron chi connectivity index (χ1n) is 7.32. The predicted octanol–water partition coefficient (Wildman–Crippen LogP) is -0.104. The number of fused-ring (bicyclic) bond motifs is 1. The number of nitrogens with one attached hydrogen (secondary N) is 2. The van der Waals surface area contributed by atoms with Gasteiger partial charge in [-0.25, -0.2) is 9.78 Å². The minimum absolute atomic E-state index is 0.159. The van der Waals surface area contributed by atoms with Crippen LogP contribution in [0.25, 0.3) is 10.9 Å². The molecule has 3 rings (SSSR count). The number of hydrogen-bond donors (Lipinski definition) is 2. The smallest absolute Gasteiger partial charge is 0.325 e. The summed E-state index contributed by atoms with van der Waals surface area (Å²) in [6.45, 7) is 0.234. The van der Waals surface area contributed by atoms with Gasteiger partial charge in [0, 0.05) is 24.5 Å². The summed E-state index contributed by atoms with van der Waals surface area (Å²) in [4.78, 5) is 44.0. The van der Waals surface area contributed by atoms with E-state index >= 15 is 0 Å². The van der Waals surface area contributed by atoms with Crippen LogP contribution in [0.4, 0.5) is 0 Å². The van der Waals surface area contributed by atoms with E-state index in [9.17, 15) is 14.4 Å². The lowest BCUT2D eigenvalue weighted by atomic mass is 10.2. The van der Waals surface area contributed by atoms with Crippen molar-refractivity contribution in [3.8, 4) is 11.9 Å². The molecule has 0 spiro atoms. The Bertz CT molecular complexity index is 1170. The lowest BCUT2D eigenvalue weighted by Crippen LogP contribution is -2.27. The summed E-state index contributed by atoms with van der Waals surface area (Å²) in [5, 5.41) is 9.42. The van der Waals surface area contributed by atoms with Gasteiger partial charge in [0.25, 0.3) is 11.1 Å². The second-order valence-corrected chi connectivity index (χ2v) is 5.25. The summed E-state index contributed by atoms with van der Waals surface area (Å²) in [6.07, 6.45) is 3.14. The highest BCUT2D eigenvalue weighted by atomic mass is 16.5. The number of ether oxygens (including phenoxy) is 1. The molecule has 2 N–H and O–H groups in total. The van der Waals surface area contributed by atoms with Crippen LogP contribution in [0.15, 0.2) is 38.9 Å². The molecule has 0 atom stereocenters. The number of nitriles is 1. The molecular formula is C16H13N5O4. The monoisotopic (exact) mass is 339 g/mol. The van der Waals surface area contributed by atoms with Crippen molar-refractivity contribution in [3.63, 3.8) is 0 Å². The van der Waals surface area contributed by atoms with Crippen LogP contribution in [0, 0.1) is 11.3 Å². The van der Waals surface area contributed by atoms with Gasteiger partial charge in [0.05, 0.1) is 18.0 Å². The first kappa shape index (κ1) is 16.2. The molecule has 0 saturated heterocycles. The molecule has 0 aliphatic heterocycles. The fraction of sp³-hybridized carbons (Fsp3) is 0.188. The fourth-order valence-electron chi connectivity index (χ4n) is 2.47. The van der Waals surface area contributed by atoms with Gasteiger partial charge < -0.3 is 14.3 Å². The topological polar surface area (TPSA) is 134 Å². The minimum Gasteiger partial charge on any atom is -0.480 e. The average Bonchev–Trinajstić information content (AvgIpc) is 2.61. The zero-order chi connectivity index (χ0) is 18.0. The third-order valence-electron chi connectivity index (χ3n) is 3.75. The lowest BCUT2D eigenvalue weighted by molar-refractivity contribution is 0.398. The Kier molecular flexibility index (Phi) is 4.18. The van der Waals surface area contributed by atoms with Gasteiger partial charge in [-0.15, -0.1) is 0 Å². The zero-order valence-electron chi connectivity index (χ0n) is 13.2. The molecule has 0 amide bonds. The number of aromatic nitrogens is 4. The number of H-pyrrole nitrogens is 2. The number of pyridine rings is 2. The molecule has 0 bridgehead atoms. The second-order valence-electron chi connectivity index (χ2n) is 5.25. The highest BCUT2D eigenvalue weighted by Crippen LogP contribution is 2.19. The van der Waals surface area contributed by atoms with Crippen molar-refractivity contribution >= 4 is 10.9 Å². The van der Waals surface area contributed by atoms with E-state index in [4.69, 9.17) is 10.00 Å². The summed E-state index contributed by atoms with van der Waals surface area (Å²) in [6, 6.07) is 5.01. The van der Waals surface area contributed by atoms with Crippen LogP contribution < -0.4 is 21.5 Å². The van der Waals surface area contributed by atoms with Gasteiger partial charge in [0.1, 0.15) is 11.6 Å². The van der Waals surface area contributed by atoms with Crippen LogP contribution in [0.2, 0.25) is 0 Å². The van der Waals surface area contributed by atoms with Crippen molar-refractivity contribution in [1.82, 2.24) is 19.5 Å². The number of nitrogens with zero attached hydrogens (tertiary/aromatic N) is 3. The van der Waals surface area contributed by atoms with Crippen LogP contribution in [0.1, 0.15) is 11.1 Å². The third-order valence-corrected chi connectivity index (χ3v) is 3.75. The van der Waals surface area contributed by atoms with Crippen molar-refractivity contribution < 1.29 is 4.74 Å². The van der Waals surface area contributed by atoms with Crippen LogP contribution >= 0.6 is 0 Å². The highest BCUT2D eigenvalue weighted by molar-refractivity contribution is 5.79. The van der Waals surface area contributed by atoms with Gasteiger partial charge in [-0.1, -0.05) is 0 Å². The Labute approximate surface area is 140 Å². The summed E-state index contributed by atoms with van der Waals surface area (Å²) in [7, 11) is 1.40. The Balaban J connectivity index is 1.99. The molecule has 0 saturated carbocycles. The summed E-state index contributed by atoms with van der Waals surface area (Å²) in [5.41, 5.74) is -0.459. The van der Waals surface area contributed by atoms with E-state index in [1.807, 2.05) is 6.07 Å². The predicted molar refractivity (Wildman–Crippen MR) is 88.7 cm³/mol. The van der Waals surface area contributed by atoms with Crippen LogP contribution in [-0.4, -0.2) is 26.6 Å². The molecule has 0 radical (unpaired) electrons. The van der Waals surface area contributed by atoms with Gasteiger partial charge in [-0.3, -0.25) is 14.6 Å². The van der Waals surface area contributed by atoms with Crippen LogP contribution in [-0.2, 0) is 13.0 Å². The Morgan fingerprint density at radius 1 is 1.36 bits per heavy atom. The van der Waals surface area contributed by atoms with Crippen molar-refractivity contribution in [1.29, 1.82) is 5.26 Å². The summed E-state index contributed by atoms with van der Waals surface area (Å²) < 4.78 is 6.45. The van der Waals surface area contributed by atoms with E-state index in [0.717, 1.165) is 0 Å². The average molecular weight is 339 g/mol. The standard InChI is InChI=1S/C16H13N5O4/c1-25-14-10(7-17)6-11-12(19-14)3-5-21(15(11)23)4-2-9-8-18-16(24)20-13(9)22/h3,5-6,8H,2,4H2,1H3,(H2,18,20,22,24). The SMILES string of the molecule is COc1nc2ccn(CCc3c[nH]c(=O)[nH]c3=O)c(=O)c2cc1C#N. The number of hydrogen-bond acceptors (Lipinski definition) is 6. The van der Waals surface area contributed by atoms with E-state index in [1.165, 1.54) is 23.9 Å². The maximum atomic E-state index is 12.6. The molecule has 3 aromatic heterocycles. The van der Waals surface area contributed by atoms with Gasteiger partial charge in [0.15, 0.2) is 0 Å². The molecule has 3 heterocycles. The largest absolute Gasteiger partial charge is 0.480 e. The molecular weight excluding hydrogens is 326 g/mol. The van der Waals surface area contributed by atoms with Crippen molar-refractivity contribution in [2.75, 3.05) is 7.11 Å². The van der Waals surface area contributed by atoms with E-state index < -0.39 is 11.2 Å². The summed E-state index contributed by atoms with van der Waals surface area (Å²) in [5.74, 6) is 0.159. The van der Waals surface area contributed by atoms with E-state index in [2.05, 4.69) is 15.0 Å². The molecule has 126 valence electrons. The van der Waals surface area contributed by atoms with Gasteiger partial charge in [-0.2, -0.15) is 5.26 Å². The maximum Gasteiger partial charge on any atom is 0.325 e. The normalized spacial score (nSPS) is 10.6. The number of rotatable bonds is 4. The van der Waals surface area contributed by atoms with E-state index in [0.29, 0.717) is 11.1 Å². The molecule has 0 fully saturated rings. The van der Waals surface area contributed by atoms with Gasteiger partial charge >= 0.3 is 5.69 Å². The summed E-state index contributed by atoms with van der Waals surface area (Å²) >= 11 is 0. The van der Waals surface area contributed by atoms with Gasteiger partial charge in [-0.05, 0) is 18.6 Å². The van der Waals surface area contributed by atoms with E-state index in [-0.39, 0.29) is 35.4 Å². The van der Waals surface area contributed by atoms with Crippen LogP contribution in [0.5, 0.6) is 5.88 Å². The molecule has 9 heteroatoms. The Morgan fingerprint density at radius 3 is 2.84 bits per heavy atom. The lowest BCUT2D eigenvalue weighted by Gasteiger charge is -2.08. The molecule has 0 aromatic carbocycles. The number of methoxy groups -OCH3 is 1. The molecule has 0 aliphatic rings. The number of aryl methyl sites for hydroxylation is 2. The Hall–Kier alpha value is -3.67. The maximum absolute atomic E-state index is 12.6. The van der Waals surface area contributed by atoms with E-state index in [1.54, 1.807) is 12.3 Å². The molecule has 3 aromatic rings. The van der Waals surface area contributed by atoms with Crippen molar-refractivity contribution in [3.05, 3.63) is 66.8 Å². The first-order valence-corrected chi connectivity index (χ1v) is 7.32. The molecule has 0 aliphatic carbocycles. The highest BCUT2D eigenvalue weighted by Gasteiger charge is 2.11. The quantitative estimate of drug-likeness (QED) is 0.681. The van der Waals surface area contributed by atoms with Crippen molar-refractivity contribution in [2.24, 2.45) is 0 Å². The third kappa shape index (κ3) is 3.05. The van der Waals surface area contributed by atoms with Gasteiger partial charge in [0.2, 0.25) is 5.88 Å². The van der Waals surface area contributed by atoms with Crippen LogP contribution in [0.3, 0.4) is 0 Å². The molecule has 0 unspecified atom stereocenters. The second kappa shape index (κ2) is 6.45. The molecule has 25 heavy (non-hydrogen) atoms. The first-order chi connectivity index (χ1) is 12.0. The molecule has 9 nitrogen and oxygen atoms in total.